The van der Waals surface area contributed by atoms with Crippen molar-refractivity contribution in [2.24, 2.45) is 5.73 Å². The van der Waals surface area contributed by atoms with Gasteiger partial charge in [-0.05, 0) is 159 Å². The van der Waals surface area contributed by atoms with Crippen LogP contribution in [0.5, 0.6) is 46.6 Å². The van der Waals surface area contributed by atoms with E-state index in [9.17, 15) is 27.2 Å². The fourth-order valence-electron chi connectivity index (χ4n) is 15.4. The minimum atomic E-state index is -3.82. The summed E-state index contributed by atoms with van der Waals surface area (Å²) < 4.78 is 127. The highest BCUT2D eigenvalue weighted by atomic mass is 35.5. The van der Waals surface area contributed by atoms with E-state index in [0.29, 0.717) is 109 Å². The van der Waals surface area contributed by atoms with Gasteiger partial charge in [-0.1, -0.05) is 31.5 Å². The molecule has 0 unspecified atom stereocenters. The monoisotopic (exact) mass is 1950 g/mol. The van der Waals surface area contributed by atoms with Crippen LogP contribution in [0.1, 0.15) is 91.5 Å². The van der Waals surface area contributed by atoms with Crippen molar-refractivity contribution in [3.05, 3.63) is 229 Å². The first-order chi connectivity index (χ1) is 66.7. The van der Waals surface area contributed by atoms with E-state index < -0.39 is 34.0 Å². The van der Waals surface area contributed by atoms with Gasteiger partial charge in [-0.2, -0.15) is 0 Å². The third kappa shape index (κ3) is 25.7. The molecule has 5 aliphatic rings. The molecule has 736 valence electrons. The van der Waals surface area contributed by atoms with Crippen molar-refractivity contribution in [3.63, 3.8) is 0 Å². The Balaban J connectivity index is 0.000000151. The number of aryl methyl sites for hydroxylation is 3. The van der Waals surface area contributed by atoms with Gasteiger partial charge in [0.2, 0.25) is 52.3 Å². The number of rotatable bonds is 29. The lowest BCUT2D eigenvalue weighted by Gasteiger charge is -2.32. The second-order valence-corrected chi connectivity index (χ2v) is 37.4. The predicted octanol–water partition coefficient (Wildman–Crippen LogP) is 10.2. The maximum absolute atomic E-state index is 13.4. The van der Waals surface area contributed by atoms with Gasteiger partial charge < -0.3 is 76.5 Å². The third-order valence-electron chi connectivity index (χ3n) is 24.9. The number of pyridine rings is 8. The summed E-state index contributed by atoms with van der Waals surface area (Å²) in [5.41, 5.74) is 15.3. The van der Waals surface area contributed by atoms with Gasteiger partial charge in [0.15, 0.2) is 9.84 Å². The van der Waals surface area contributed by atoms with Crippen LogP contribution in [0.3, 0.4) is 0 Å². The van der Waals surface area contributed by atoms with Crippen LogP contribution in [-0.2, 0) is 68.5 Å². The molecule has 2 N–H and O–H groups in total. The van der Waals surface area contributed by atoms with Crippen molar-refractivity contribution >= 4 is 69.2 Å². The molecular weight excluding hydrogens is 1830 g/mol. The minimum Gasteiger partial charge on any atom is -0.490 e. The summed E-state index contributed by atoms with van der Waals surface area (Å²) in [6, 6.07) is 23.6. The largest absolute Gasteiger partial charge is 0.496 e. The van der Waals surface area contributed by atoms with Gasteiger partial charge in [0, 0.05) is 176 Å². The summed E-state index contributed by atoms with van der Waals surface area (Å²) in [4.78, 5) is 83.6. The highest BCUT2D eigenvalue weighted by Crippen LogP contribution is 2.40. The molecule has 12 aromatic rings. The van der Waals surface area contributed by atoms with E-state index in [1.807, 2.05) is 91.8 Å². The van der Waals surface area contributed by atoms with Crippen molar-refractivity contribution in [1.82, 2.24) is 67.8 Å². The highest BCUT2D eigenvalue weighted by molar-refractivity contribution is 7.91. The number of hydrogen-bond donors (Lipinski definition) is 1. The molecule has 0 atom stereocenters. The number of sulfone groups is 1. The molecule has 41 heteroatoms. The van der Waals surface area contributed by atoms with Crippen molar-refractivity contribution in [2.75, 3.05) is 160 Å². The number of morpholine rings is 3. The number of aromatic nitrogens is 11. The Morgan fingerprint density at radius 2 is 0.777 bits per heavy atom. The summed E-state index contributed by atoms with van der Waals surface area (Å²) in [6.45, 7) is 40.6. The van der Waals surface area contributed by atoms with Crippen LogP contribution in [0, 0.1) is 12.4 Å². The summed E-state index contributed by atoms with van der Waals surface area (Å²) in [5, 5.41) is -0.177. The Morgan fingerprint density at radius 3 is 1.14 bits per heavy atom. The second-order valence-electron chi connectivity index (χ2n) is 34.9. The first-order valence-electron chi connectivity index (χ1n) is 45.7. The topological polar surface area (TPSA) is 380 Å². The van der Waals surface area contributed by atoms with E-state index in [4.69, 9.17) is 94.6 Å². The van der Waals surface area contributed by atoms with Crippen LogP contribution in [0.15, 0.2) is 172 Å². The van der Waals surface area contributed by atoms with Crippen molar-refractivity contribution in [2.45, 2.75) is 122 Å². The number of nitrogens with zero attached hydrogens (tertiary/aromatic N) is 15. The number of ether oxygens (including phenoxy) is 11. The molecule has 139 heavy (non-hydrogen) atoms. The van der Waals surface area contributed by atoms with E-state index in [0.717, 1.165) is 160 Å². The predicted molar refractivity (Wildman–Crippen MR) is 525 cm³/mol. The Kier molecular flexibility index (Phi) is 35.3. The molecule has 16 heterocycles. The van der Waals surface area contributed by atoms with Crippen LogP contribution in [0.25, 0.3) is 55.2 Å². The van der Waals surface area contributed by atoms with Gasteiger partial charge in [0.05, 0.1) is 138 Å². The Morgan fingerprint density at radius 1 is 0.439 bits per heavy atom. The second kappa shape index (κ2) is 47.2. The zero-order chi connectivity index (χ0) is 99.4. The molecule has 0 aliphatic carbocycles. The van der Waals surface area contributed by atoms with E-state index in [1.165, 1.54) is 46.0 Å². The smallest absolute Gasteiger partial charge is 0.490 e. The molecule has 36 nitrogen and oxygen atoms in total. The summed E-state index contributed by atoms with van der Waals surface area (Å²) in [5.74, 6) is 2.08. The fourth-order valence-corrected chi connectivity index (χ4v) is 17.2. The molecular formula is C98H118B2ClFN16O20S. The average molecular weight is 1950 g/mol. The summed E-state index contributed by atoms with van der Waals surface area (Å²) >= 11 is 5.99. The minimum absolute atomic E-state index is 0.0657. The lowest BCUT2D eigenvalue weighted by Crippen LogP contribution is -2.41. The van der Waals surface area contributed by atoms with Gasteiger partial charge in [-0.25, -0.2) is 57.5 Å². The van der Waals surface area contributed by atoms with E-state index in [-0.39, 0.29) is 80.2 Å². The van der Waals surface area contributed by atoms with Crippen LogP contribution in [0.2, 0.25) is 5.02 Å². The van der Waals surface area contributed by atoms with Gasteiger partial charge in [0.25, 0.3) is 16.7 Å². The maximum Gasteiger partial charge on any atom is 0.496 e. The third-order valence-corrected chi connectivity index (χ3v) is 27.1. The summed E-state index contributed by atoms with van der Waals surface area (Å²) in [6.07, 6.45) is 19.7. The van der Waals surface area contributed by atoms with E-state index in [1.54, 1.807) is 101 Å². The lowest BCUT2D eigenvalue weighted by atomic mass is 9.79. The van der Waals surface area contributed by atoms with Crippen molar-refractivity contribution < 1.29 is 83.5 Å². The molecule has 0 bridgehead atoms. The summed E-state index contributed by atoms with van der Waals surface area (Å²) in [7, 11) is 3.04. The first-order valence-corrected chi connectivity index (χ1v) is 47.7. The Hall–Kier alpha value is -12.2. The number of methoxy groups -OCH3 is 5. The quantitative estimate of drug-likeness (QED) is 0.0258. The van der Waals surface area contributed by atoms with Gasteiger partial charge >= 0.3 is 14.2 Å². The maximum atomic E-state index is 13.4. The van der Waals surface area contributed by atoms with E-state index >= 15 is 0 Å². The SMILES string of the molecule is CCc1cc(-c2ccc3ncc(OCCN4CCOCC4)c(=O)n3c2)cnc1OC.CCc1cc(B2OC(C)(C)C(C)(C)O2)cnc1OC.COc1ncc(-c2ccc3ncc(OCCN4CCOCC4)c(=O)n3c2)cc1CCS(=O)(=O)c1ccc(F)cc1Cl.COc1ncc(-c2ccc3ncc(OCCN4CCOCC4)c(=O)n3c2)cc1CN.[C-]#[N+]c1cc(B2OC(C)(C)C(C)(C)O2)cnc1OC. The van der Waals surface area contributed by atoms with Gasteiger partial charge in [-0.3, -0.25) is 42.3 Å². The van der Waals surface area contributed by atoms with Crippen LogP contribution < -0.4 is 71.2 Å². The number of nitrogens with two attached hydrogens (primary N) is 1. The number of benzene rings is 1. The number of fused-ring (bicyclic) bond motifs is 3. The molecule has 1 aromatic carbocycles. The average Bonchev–Trinajstić information content (AvgIpc) is 1.62. The normalized spacial score (nSPS) is 16.2. The first kappa shape index (κ1) is 104. The Labute approximate surface area is 812 Å². The molecule has 5 fully saturated rings. The van der Waals surface area contributed by atoms with Crippen LogP contribution in [0.4, 0.5) is 10.1 Å². The van der Waals surface area contributed by atoms with Crippen LogP contribution in [-0.4, -0.2) is 272 Å². The fraction of sp³-hybridized carbons (Fsp3) is 0.429. The molecule has 0 spiro atoms. The molecule has 0 saturated carbocycles. The standard InChI is InChI=1S/C28H28ClFN4O6S.C22H26N4O4.C21H25N5O4.C14H22BNO3.C13H17BN2O3/c1-38-27-19(6-13-41(36,37)25-4-3-22(30)15-23(25)29)14-21(16-32-27)20-2-5-26-31-17-24(28(35)34(26)18-20)40-12-9-33-7-10-39-11-8-33;1-3-16-12-18(13-24-21(16)28-2)17-4-5-20-23-14-19(22(27)26(20)15-17)30-11-8-25-6-9-29-10-7-25;1-28-20-16(11-22)10-17(12-24-20)15-2-3-19-23-13-18(21(27)26(19)14-15)30-9-6-25-4-7-29-8-5-25;1-7-10-8-11(9-16-12(10)17-6)15-18-13(2,3)14(4,5)19-15;1-12(2)13(3,4)19-14(18-12)9-7-10(15-5)11(17-6)16-8-9/h2-5,14-18H,6-13H2,1H3;4-5,12-15H,3,6-11H2,1-2H3;2-3,10,12-14H,4-9,11,22H2,1H3;8-9H,7H2,1-6H3;7-8H,1-4,6H3. The highest BCUT2D eigenvalue weighted by Gasteiger charge is 2.53. The zero-order valence-electron chi connectivity index (χ0n) is 81.0. The van der Waals surface area contributed by atoms with Crippen molar-refractivity contribution in [1.29, 1.82) is 0 Å². The molecule has 0 amide bonds. The molecule has 17 rings (SSSR count). The van der Waals surface area contributed by atoms with E-state index in [2.05, 4.69) is 73.3 Å². The van der Waals surface area contributed by atoms with Gasteiger partial charge in [-0.15, -0.1) is 0 Å². The number of halogens is 2. The molecule has 11 aromatic heterocycles. The molecule has 5 aliphatic heterocycles. The Bertz CT molecular complexity index is 6440. The van der Waals surface area contributed by atoms with Crippen LogP contribution >= 0.6 is 11.6 Å². The molecule has 5 saturated heterocycles. The van der Waals surface area contributed by atoms with Crippen molar-refractivity contribution in [3.8, 4) is 80.0 Å². The van der Waals surface area contributed by atoms with Gasteiger partial charge in [0.1, 0.15) is 42.6 Å². The number of hydrogen-bond acceptors (Lipinski definition) is 32. The molecule has 0 radical (unpaired) electrons. The zero-order valence-corrected chi connectivity index (χ0v) is 82.5. The lowest BCUT2D eigenvalue weighted by molar-refractivity contribution is 0.00578.